The number of carboxylic acids is 1. The van der Waals surface area contributed by atoms with Crippen LogP contribution < -0.4 is 5.73 Å². The van der Waals surface area contributed by atoms with Crippen molar-refractivity contribution in [2.45, 2.75) is 193 Å². The van der Waals surface area contributed by atoms with Gasteiger partial charge in [-0.2, -0.15) is 0 Å². The third-order valence-corrected chi connectivity index (χ3v) is 10.0. The molecule has 0 saturated carbocycles. The number of aliphatic carboxylic acids is 1. The van der Waals surface area contributed by atoms with E-state index in [2.05, 4.69) is 67.0 Å². The minimum absolute atomic E-state index is 0.145. The number of phosphoric ester groups is 1. The number of allylic oxidation sites excluding steroid dienone is 8. The number of ether oxygens (including phenoxy) is 2. The first-order valence-electron chi connectivity index (χ1n) is 21.7. The van der Waals surface area contributed by atoms with E-state index in [1.807, 2.05) is 0 Å². The molecule has 56 heavy (non-hydrogen) atoms. The van der Waals surface area contributed by atoms with E-state index in [1.165, 1.54) is 57.8 Å². The van der Waals surface area contributed by atoms with Gasteiger partial charge < -0.3 is 25.2 Å². The molecule has 0 aliphatic rings. The monoisotopic (exact) mass is 812 g/mol. The van der Waals surface area contributed by atoms with Crippen LogP contribution in [0.3, 0.4) is 0 Å². The van der Waals surface area contributed by atoms with Gasteiger partial charge in [0.25, 0.3) is 0 Å². The van der Waals surface area contributed by atoms with E-state index in [0.717, 1.165) is 83.5 Å². The van der Waals surface area contributed by atoms with Crippen LogP contribution in [-0.4, -0.2) is 59.9 Å². The number of esters is 2. The third-order valence-electron chi connectivity index (χ3n) is 9.09. The van der Waals surface area contributed by atoms with Crippen molar-refractivity contribution >= 4 is 25.7 Å². The smallest absolute Gasteiger partial charge is 0.472 e. The first-order chi connectivity index (χ1) is 27.1. The van der Waals surface area contributed by atoms with Gasteiger partial charge in [-0.15, -0.1) is 0 Å². The summed E-state index contributed by atoms with van der Waals surface area (Å²) in [5, 5.41) is 8.88. The fraction of sp³-hybridized carbons (Fsp3) is 0.750. The number of phosphoric acid groups is 1. The van der Waals surface area contributed by atoms with Crippen LogP contribution in [0.25, 0.3) is 0 Å². The van der Waals surface area contributed by atoms with Gasteiger partial charge in [0.1, 0.15) is 12.6 Å². The van der Waals surface area contributed by atoms with Crippen LogP contribution >= 0.6 is 7.82 Å². The summed E-state index contributed by atoms with van der Waals surface area (Å²) in [5.41, 5.74) is 5.33. The fourth-order valence-corrected chi connectivity index (χ4v) is 6.48. The Labute approximate surface area is 339 Å². The van der Waals surface area contributed by atoms with Crippen molar-refractivity contribution in [3.63, 3.8) is 0 Å². The first kappa shape index (κ1) is 53.4. The molecule has 0 aromatic rings. The molecule has 0 bridgehead atoms. The van der Waals surface area contributed by atoms with Gasteiger partial charge in [0.15, 0.2) is 6.10 Å². The number of rotatable bonds is 40. The lowest BCUT2D eigenvalue weighted by molar-refractivity contribution is -0.161. The molecule has 3 atom stereocenters. The standard InChI is InChI=1S/C44H78NO10P/c1-3-5-7-9-11-13-15-17-18-19-20-21-22-24-26-28-30-32-34-36-43(47)55-40(38-53-56(50,51)54-39-41(45)44(48)49)37-52-42(46)35-33-31-29-27-25-23-16-14-12-10-8-6-4-2/h5,7,11,13,17-18,20-21,40-41H,3-4,6,8-10,12,14-16,19,22-39,45H2,1-2H3,(H,48,49)(H,50,51)/b7-5-,13-11-,18-17-,21-20-. The second-order valence-electron chi connectivity index (χ2n) is 14.5. The van der Waals surface area contributed by atoms with Crippen LogP contribution in [0, 0.1) is 0 Å². The molecule has 4 N–H and O–H groups in total. The van der Waals surface area contributed by atoms with E-state index >= 15 is 0 Å². The summed E-state index contributed by atoms with van der Waals surface area (Å²) < 4.78 is 32.7. The SMILES string of the molecule is CC/C=C\C/C=C\C/C=C\C/C=C\CCCCCCCCC(=O)OC(COC(=O)CCCCCCCCCCCCCCC)COP(=O)(O)OCC(N)C(=O)O. The normalized spacial score (nSPS) is 14.2. The van der Waals surface area contributed by atoms with Crippen molar-refractivity contribution < 1.29 is 47.5 Å². The third kappa shape index (κ3) is 38.3. The summed E-state index contributed by atoms with van der Waals surface area (Å²) in [7, 11) is -4.72. The topological polar surface area (TPSA) is 172 Å². The Bertz CT molecular complexity index is 1140. The Morgan fingerprint density at radius 3 is 1.50 bits per heavy atom. The highest BCUT2D eigenvalue weighted by Gasteiger charge is 2.28. The highest BCUT2D eigenvalue weighted by molar-refractivity contribution is 7.47. The molecule has 0 fully saturated rings. The van der Waals surface area contributed by atoms with Crippen molar-refractivity contribution in [1.82, 2.24) is 0 Å². The molecular formula is C44H78NO10P. The zero-order chi connectivity index (χ0) is 41.4. The molecule has 0 aromatic carbocycles. The lowest BCUT2D eigenvalue weighted by Crippen LogP contribution is -2.34. The van der Waals surface area contributed by atoms with Gasteiger partial charge in [0.2, 0.25) is 0 Å². The summed E-state index contributed by atoms with van der Waals surface area (Å²) in [4.78, 5) is 45.9. The second kappa shape index (κ2) is 39.3. The van der Waals surface area contributed by atoms with Gasteiger partial charge in [-0.1, -0.05) is 165 Å². The molecule has 3 unspecified atom stereocenters. The van der Waals surface area contributed by atoms with Crippen LogP contribution in [0.15, 0.2) is 48.6 Å². The molecule has 12 heteroatoms. The fourth-order valence-electron chi connectivity index (χ4n) is 5.70. The predicted molar refractivity (Wildman–Crippen MR) is 226 cm³/mol. The Balaban J connectivity index is 4.38. The molecule has 324 valence electrons. The van der Waals surface area contributed by atoms with Gasteiger partial charge in [0, 0.05) is 12.8 Å². The lowest BCUT2D eigenvalue weighted by atomic mass is 10.0. The maximum Gasteiger partial charge on any atom is 0.472 e. The van der Waals surface area contributed by atoms with Gasteiger partial charge in [0.05, 0.1) is 13.2 Å². The zero-order valence-corrected chi connectivity index (χ0v) is 35.9. The van der Waals surface area contributed by atoms with Crippen LogP contribution in [0.4, 0.5) is 0 Å². The number of hydrogen-bond donors (Lipinski definition) is 3. The van der Waals surface area contributed by atoms with E-state index in [9.17, 15) is 23.8 Å². The zero-order valence-electron chi connectivity index (χ0n) is 35.0. The van der Waals surface area contributed by atoms with Crippen LogP contribution in [0.1, 0.15) is 181 Å². The Hall–Kier alpha value is -2.56. The highest BCUT2D eigenvalue weighted by Crippen LogP contribution is 2.43. The molecule has 0 saturated heterocycles. The average Bonchev–Trinajstić information content (AvgIpc) is 3.17. The number of unbranched alkanes of at least 4 members (excludes halogenated alkanes) is 18. The van der Waals surface area contributed by atoms with Crippen molar-refractivity contribution in [3.05, 3.63) is 48.6 Å². The maximum atomic E-state index is 12.6. The molecule has 0 radical (unpaired) electrons. The second-order valence-corrected chi connectivity index (χ2v) is 15.9. The Morgan fingerprint density at radius 2 is 1.00 bits per heavy atom. The molecule has 0 heterocycles. The van der Waals surface area contributed by atoms with Gasteiger partial charge >= 0.3 is 25.7 Å². The maximum absolute atomic E-state index is 12.6. The predicted octanol–water partition coefficient (Wildman–Crippen LogP) is 11.4. The number of hydrogen-bond acceptors (Lipinski definition) is 9. The summed E-state index contributed by atoms with van der Waals surface area (Å²) in [6.07, 6.45) is 43.1. The molecule has 0 aliphatic carbocycles. The molecule has 0 spiro atoms. The molecule has 0 amide bonds. The molecule has 0 aliphatic heterocycles. The largest absolute Gasteiger partial charge is 0.480 e. The molecule has 11 nitrogen and oxygen atoms in total. The minimum atomic E-state index is -4.72. The van der Waals surface area contributed by atoms with Crippen molar-refractivity contribution in [1.29, 1.82) is 0 Å². The van der Waals surface area contributed by atoms with Gasteiger partial charge in [-0.05, 0) is 51.4 Å². The van der Waals surface area contributed by atoms with Crippen LogP contribution in [-0.2, 0) is 37.5 Å². The lowest BCUT2D eigenvalue weighted by Gasteiger charge is -2.20. The van der Waals surface area contributed by atoms with Crippen LogP contribution in [0.5, 0.6) is 0 Å². The summed E-state index contributed by atoms with van der Waals surface area (Å²) in [5.74, 6) is -2.40. The van der Waals surface area contributed by atoms with E-state index in [1.54, 1.807) is 0 Å². The van der Waals surface area contributed by atoms with E-state index in [0.29, 0.717) is 12.8 Å². The molecule has 0 rings (SSSR count). The van der Waals surface area contributed by atoms with Crippen molar-refractivity contribution in [2.75, 3.05) is 19.8 Å². The minimum Gasteiger partial charge on any atom is -0.480 e. The highest BCUT2D eigenvalue weighted by atomic mass is 31.2. The van der Waals surface area contributed by atoms with Crippen LogP contribution in [0.2, 0.25) is 0 Å². The number of carbonyl (C=O) groups excluding carboxylic acids is 2. The van der Waals surface area contributed by atoms with Gasteiger partial charge in [-0.3, -0.25) is 23.4 Å². The summed E-state index contributed by atoms with van der Waals surface area (Å²) in [6, 6.07) is -1.52. The average molecular weight is 812 g/mol. The van der Waals surface area contributed by atoms with Crippen molar-refractivity contribution in [2.24, 2.45) is 5.73 Å². The number of carboxylic acid groups (broad SMARTS) is 1. The molecule has 0 aromatic heterocycles. The summed E-state index contributed by atoms with van der Waals surface area (Å²) >= 11 is 0. The Kier molecular flexibility index (Phi) is 37.5. The number of nitrogens with two attached hydrogens (primary N) is 1. The quantitative estimate of drug-likeness (QED) is 0.0233. The van der Waals surface area contributed by atoms with Gasteiger partial charge in [-0.25, -0.2) is 4.57 Å². The Morgan fingerprint density at radius 1 is 0.571 bits per heavy atom. The van der Waals surface area contributed by atoms with E-state index < -0.39 is 51.1 Å². The van der Waals surface area contributed by atoms with E-state index in [4.69, 9.17) is 24.8 Å². The first-order valence-corrected chi connectivity index (χ1v) is 23.2. The molecular weight excluding hydrogens is 733 g/mol. The van der Waals surface area contributed by atoms with E-state index in [-0.39, 0.29) is 19.4 Å². The summed E-state index contributed by atoms with van der Waals surface area (Å²) in [6.45, 7) is 2.67. The number of carbonyl (C=O) groups is 3. The van der Waals surface area contributed by atoms with Crippen molar-refractivity contribution in [3.8, 4) is 0 Å².